The average molecular weight is 516 g/mol. The van der Waals surface area contributed by atoms with Gasteiger partial charge in [-0.25, -0.2) is 4.79 Å². The van der Waals surface area contributed by atoms with Gasteiger partial charge in [0.25, 0.3) is 0 Å². The third-order valence-corrected chi connectivity index (χ3v) is 6.71. The second-order valence-electron chi connectivity index (χ2n) is 9.80. The summed E-state index contributed by atoms with van der Waals surface area (Å²) in [5.41, 5.74) is 2.68. The number of esters is 1. The van der Waals surface area contributed by atoms with E-state index in [2.05, 4.69) is 38.8 Å². The summed E-state index contributed by atoms with van der Waals surface area (Å²) in [6, 6.07) is 12.5. The molecule has 3 rings (SSSR count). The average Bonchev–Trinajstić information content (AvgIpc) is 3.07. The van der Waals surface area contributed by atoms with Crippen LogP contribution in [0, 0.1) is 23.2 Å². The summed E-state index contributed by atoms with van der Waals surface area (Å²) in [7, 11) is 0. The number of nitriles is 1. The summed E-state index contributed by atoms with van der Waals surface area (Å²) in [5, 5.41) is 13.9. The van der Waals surface area contributed by atoms with E-state index in [1.54, 1.807) is 0 Å². The highest BCUT2D eigenvalue weighted by atomic mass is 79.9. The first kappa shape index (κ1) is 25.5. The molecule has 1 aliphatic rings. The summed E-state index contributed by atoms with van der Waals surface area (Å²) in [5.74, 6) is 0.721. The number of carbonyl (C=O) groups is 1. The number of rotatable bonds is 9. The van der Waals surface area contributed by atoms with Gasteiger partial charge in [0.15, 0.2) is 0 Å². The van der Waals surface area contributed by atoms with Crippen molar-refractivity contribution in [2.45, 2.75) is 71.4 Å². The third kappa shape index (κ3) is 7.68. The first-order valence-corrected chi connectivity index (χ1v) is 12.5. The predicted octanol–water partition coefficient (Wildman–Crippen LogP) is 5.93. The molecule has 0 radical (unpaired) electrons. The summed E-state index contributed by atoms with van der Waals surface area (Å²) in [6.45, 7) is 7.07. The lowest BCUT2D eigenvalue weighted by Gasteiger charge is -2.28. The normalized spacial score (nSPS) is 18.6. The van der Waals surface area contributed by atoms with Crippen molar-refractivity contribution < 1.29 is 14.3 Å². The minimum absolute atomic E-state index is 0.0183. The van der Waals surface area contributed by atoms with Gasteiger partial charge in [-0.2, -0.15) is 10.4 Å². The molecule has 0 aliphatic heterocycles. The molecule has 6 nitrogen and oxygen atoms in total. The van der Waals surface area contributed by atoms with E-state index in [0.29, 0.717) is 31.3 Å². The van der Waals surface area contributed by atoms with Crippen molar-refractivity contribution in [2.24, 2.45) is 11.8 Å². The topological polar surface area (TPSA) is 77.1 Å². The second-order valence-corrected chi connectivity index (χ2v) is 10.6. The molecular formula is C26H34BrN3O3. The number of ether oxygens (including phenoxy) is 2. The minimum Gasteiger partial charge on any atom is -0.458 e. The SMILES string of the molecule is CC(C)(C)OC(=O)COC[C@H]1CC[C@H](Cn2nc(CCC#N)c(Br)c2-c2ccccc2)CC1. The summed E-state index contributed by atoms with van der Waals surface area (Å²) in [6.07, 6.45) is 5.50. The maximum Gasteiger partial charge on any atom is 0.332 e. The molecule has 0 saturated heterocycles. The molecule has 1 aliphatic carbocycles. The van der Waals surface area contributed by atoms with Crippen molar-refractivity contribution in [3.8, 4) is 17.3 Å². The van der Waals surface area contributed by atoms with Gasteiger partial charge in [-0.1, -0.05) is 30.3 Å². The fourth-order valence-corrected chi connectivity index (χ4v) is 5.04. The van der Waals surface area contributed by atoms with Gasteiger partial charge in [0.05, 0.1) is 28.5 Å². The molecule has 7 heteroatoms. The number of carbonyl (C=O) groups excluding carboxylic acids is 1. The van der Waals surface area contributed by atoms with E-state index in [0.717, 1.165) is 53.7 Å². The van der Waals surface area contributed by atoms with Crippen LogP contribution in [0.25, 0.3) is 11.3 Å². The summed E-state index contributed by atoms with van der Waals surface area (Å²) in [4.78, 5) is 11.8. The molecule has 0 spiro atoms. The molecule has 33 heavy (non-hydrogen) atoms. The van der Waals surface area contributed by atoms with E-state index in [1.807, 2.05) is 39.0 Å². The number of nitrogens with zero attached hydrogens (tertiary/aromatic N) is 3. The van der Waals surface area contributed by atoms with Crippen LogP contribution in [0.5, 0.6) is 0 Å². The lowest BCUT2D eigenvalue weighted by atomic mass is 9.82. The third-order valence-electron chi connectivity index (χ3n) is 5.87. The molecule has 1 aromatic carbocycles. The van der Waals surface area contributed by atoms with E-state index in [-0.39, 0.29) is 12.6 Å². The Hall–Kier alpha value is -2.17. The van der Waals surface area contributed by atoms with Gasteiger partial charge in [-0.05, 0) is 74.2 Å². The van der Waals surface area contributed by atoms with Crippen LogP contribution < -0.4 is 0 Å². The first-order valence-electron chi connectivity index (χ1n) is 11.7. The Morgan fingerprint density at radius 3 is 2.48 bits per heavy atom. The van der Waals surface area contributed by atoms with Crippen LogP contribution in [0.4, 0.5) is 0 Å². The first-order chi connectivity index (χ1) is 15.8. The molecule has 2 aromatic rings. The zero-order valence-corrected chi connectivity index (χ0v) is 21.4. The molecule has 0 unspecified atom stereocenters. The van der Waals surface area contributed by atoms with Crippen LogP contribution in [0.3, 0.4) is 0 Å². The number of hydrogen-bond acceptors (Lipinski definition) is 5. The van der Waals surface area contributed by atoms with Gasteiger partial charge in [0.1, 0.15) is 12.2 Å². The monoisotopic (exact) mass is 515 g/mol. The van der Waals surface area contributed by atoms with Crippen molar-refractivity contribution in [3.05, 3.63) is 40.5 Å². The Labute approximate surface area is 205 Å². The highest BCUT2D eigenvalue weighted by Gasteiger charge is 2.25. The zero-order valence-electron chi connectivity index (χ0n) is 19.8. The minimum atomic E-state index is -0.479. The number of aromatic nitrogens is 2. The Balaban J connectivity index is 1.56. The van der Waals surface area contributed by atoms with Gasteiger partial charge in [0.2, 0.25) is 0 Å². The van der Waals surface area contributed by atoms with Crippen LogP contribution in [0.2, 0.25) is 0 Å². The molecule has 0 N–H and O–H groups in total. The number of aryl methyl sites for hydroxylation is 1. The quantitative estimate of drug-likeness (QED) is 0.386. The lowest BCUT2D eigenvalue weighted by Crippen LogP contribution is -2.28. The maximum absolute atomic E-state index is 11.8. The van der Waals surface area contributed by atoms with Gasteiger partial charge in [0, 0.05) is 24.9 Å². The molecule has 0 bridgehead atoms. The van der Waals surface area contributed by atoms with Crippen LogP contribution in [-0.4, -0.2) is 34.6 Å². The fourth-order valence-electron chi connectivity index (χ4n) is 4.33. The Bertz CT molecular complexity index is 952. The zero-order chi connectivity index (χ0) is 23.8. The van der Waals surface area contributed by atoms with E-state index < -0.39 is 5.60 Å². The largest absolute Gasteiger partial charge is 0.458 e. The molecule has 0 amide bonds. The summed E-state index contributed by atoms with van der Waals surface area (Å²) >= 11 is 3.75. The van der Waals surface area contributed by atoms with E-state index >= 15 is 0 Å². The van der Waals surface area contributed by atoms with Crippen LogP contribution in [0.15, 0.2) is 34.8 Å². The number of benzene rings is 1. The molecule has 1 saturated carbocycles. The second kappa shape index (κ2) is 11.8. The number of halogens is 1. The van der Waals surface area contributed by atoms with E-state index in [9.17, 15) is 4.79 Å². The van der Waals surface area contributed by atoms with Crippen molar-refractivity contribution >= 4 is 21.9 Å². The Morgan fingerprint density at radius 2 is 1.85 bits per heavy atom. The van der Waals surface area contributed by atoms with E-state index in [1.165, 1.54) is 0 Å². The highest BCUT2D eigenvalue weighted by molar-refractivity contribution is 9.10. The predicted molar refractivity (Wildman–Crippen MR) is 131 cm³/mol. The highest BCUT2D eigenvalue weighted by Crippen LogP contribution is 2.35. The van der Waals surface area contributed by atoms with Gasteiger partial charge < -0.3 is 9.47 Å². The number of hydrogen-bond donors (Lipinski definition) is 0. The van der Waals surface area contributed by atoms with Gasteiger partial charge >= 0.3 is 5.97 Å². The van der Waals surface area contributed by atoms with Crippen molar-refractivity contribution in [2.75, 3.05) is 13.2 Å². The van der Waals surface area contributed by atoms with Crippen molar-refractivity contribution in [1.82, 2.24) is 9.78 Å². The van der Waals surface area contributed by atoms with Crippen molar-refractivity contribution in [1.29, 1.82) is 5.26 Å². The molecule has 1 aromatic heterocycles. The fraction of sp³-hybridized carbons (Fsp3) is 0.577. The van der Waals surface area contributed by atoms with Crippen molar-refractivity contribution in [3.63, 3.8) is 0 Å². The molecular weight excluding hydrogens is 482 g/mol. The van der Waals surface area contributed by atoms with Crippen LogP contribution in [-0.2, 0) is 27.2 Å². The maximum atomic E-state index is 11.8. The molecule has 0 atom stereocenters. The van der Waals surface area contributed by atoms with Crippen LogP contribution >= 0.6 is 15.9 Å². The molecule has 178 valence electrons. The Morgan fingerprint density at radius 1 is 1.18 bits per heavy atom. The van der Waals surface area contributed by atoms with Gasteiger partial charge in [-0.15, -0.1) is 0 Å². The smallest absolute Gasteiger partial charge is 0.332 e. The Kier molecular flexibility index (Phi) is 9.10. The summed E-state index contributed by atoms with van der Waals surface area (Å²) < 4.78 is 14.1. The van der Waals surface area contributed by atoms with E-state index in [4.69, 9.17) is 19.8 Å². The van der Waals surface area contributed by atoms with Crippen LogP contribution in [0.1, 0.15) is 58.6 Å². The molecule has 1 heterocycles. The van der Waals surface area contributed by atoms with Gasteiger partial charge in [-0.3, -0.25) is 4.68 Å². The molecule has 1 fully saturated rings. The lowest BCUT2D eigenvalue weighted by molar-refractivity contribution is -0.160. The standard InChI is InChI=1S/C26H34BrN3O3/c1-26(2,3)33-23(31)18-32-17-20-13-11-19(12-14-20)16-30-25(21-8-5-4-6-9-21)24(27)22(29-30)10-7-15-28/h4-6,8-9,19-20H,7,10-14,16-18H2,1-3H3/t19-,20-.